The molecule has 0 heterocycles. The molecule has 1 aliphatic carbocycles. The van der Waals surface area contributed by atoms with Gasteiger partial charge in [0.05, 0.1) is 10.4 Å². The normalized spacial score (nSPS) is 16.8. The SMILES string of the molecule is Cc1c(Cl)cccc1NC(=O)C1(C(N)=S)CCC1. The third-order valence-corrected chi connectivity index (χ3v) is 4.43. The topological polar surface area (TPSA) is 55.1 Å². The molecule has 1 aromatic carbocycles. The van der Waals surface area contributed by atoms with Crippen molar-refractivity contribution in [2.75, 3.05) is 5.32 Å². The molecule has 0 radical (unpaired) electrons. The van der Waals surface area contributed by atoms with Crippen LogP contribution in [0.15, 0.2) is 18.2 Å². The van der Waals surface area contributed by atoms with E-state index in [9.17, 15) is 4.79 Å². The van der Waals surface area contributed by atoms with Crippen molar-refractivity contribution in [3.63, 3.8) is 0 Å². The number of carbonyl (C=O) groups excluding carboxylic acids is 1. The summed E-state index contributed by atoms with van der Waals surface area (Å²) in [6, 6.07) is 5.42. The zero-order valence-corrected chi connectivity index (χ0v) is 11.7. The first-order chi connectivity index (χ1) is 8.47. The number of nitrogens with two attached hydrogens (primary N) is 1. The molecule has 0 aromatic heterocycles. The Morgan fingerprint density at radius 2 is 2.17 bits per heavy atom. The van der Waals surface area contributed by atoms with Gasteiger partial charge in [0.2, 0.25) is 5.91 Å². The number of rotatable bonds is 3. The van der Waals surface area contributed by atoms with Gasteiger partial charge in [0.1, 0.15) is 0 Å². The van der Waals surface area contributed by atoms with Gasteiger partial charge in [0.25, 0.3) is 0 Å². The molecule has 18 heavy (non-hydrogen) atoms. The molecule has 3 nitrogen and oxygen atoms in total. The number of hydrogen-bond acceptors (Lipinski definition) is 2. The number of benzene rings is 1. The minimum absolute atomic E-state index is 0.119. The van der Waals surface area contributed by atoms with Gasteiger partial charge in [-0.05, 0) is 37.5 Å². The first-order valence-electron chi connectivity index (χ1n) is 5.84. The lowest BCUT2D eigenvalue weighted by atomic mass is 9.68. The number of halogens is 1. The fourth-order valence-corrected chi connectivity index (χ4v) is 2.57. The monoisotopic (exact) mass is 282 g/mol. The summed E-state index contributed by atoms with van der Waals surface area (Å²) in [6.07, 6.45) is 2.45. The van der Waals surface area contributed by atoms with Crippen LogP contribution in [0.1, 0.15) is 24.8 Å². The first kappa shape index (κ1) is 13.3. The van der Waals surface area contributed by atoms with Crippen molar-refractivity contribution in [3.8, 4) is 0 Å². The summed E-state index contributed by atoms with van der Waals surface area (Å²) in [5.74, 6) is -0.119. The number of carbonyl (C=O) groups is 1. The summed E-state index contributed by atoms with van der Waals surface area (Å²) in [5, 5.41) is 3.51. The zero-order chi connectivity index (χ0) is 13.3. The Bertz CT molecular complexity index is 512. The van der Waals surface area contributed by atoms with E-state index in [2.05, 4.69) is 5.32 Å². The fraction of sp³-hybridized carbons (Fsp3) is 0.385. The molecule has 0 spiro atoms. The van der Waals surface area contributed by atoms with E-state index in [-0.39, 0.29) is 10.9 Å². The van der Waals surface area contributed by atoms with Crippen LogP contribution in [-0.4, -0.2) is 10.9 Å². The minimum Gasteiger partial charge on any atom is -0.392 e. The average molecular weight is 283 g/mol. The maximum absolute atomic E-state index is 12.3. The Kier molecular flexibility index (Phi) is 3.59. The van der Waals surface area contributed by atoms with Crippen molar-refractivity contribution in [1.29, 1.82) is 0 Å². The van der Waals surface area contributed by atoms with Crippen LogP contribution in [0.3, 0.4) is 0 Å². The van der Waals surface area contributed by atoms with E-state index in [0.29, 0.717) is 5.02 Å². The molecule has 1 fully saturated rings. The van der Waals surface area contributed by atoms with Crippen molar-refractivity contribution in [1.82, 2.24) is 0 Å². The summed E-state index contributed by atoms with van der Waals surface area (Å²) in [6.45, 7) is 1.87. The first-order valence-corrected chi connectivity index (χ1v) is 6.62. The molecule has 1 aromatic rings. The van der Waals surface area contributed by atoms with Gasteiger partial charge in [-0.3, -0.25) is 4.79 Å². The Balaban J connectivity index is 2.21. The van der Waals surface area contributed by atoms with Gasteiger partial charge in [-0.25, -0.2) is 0 Å². The Labute approximate surface area is 117 Å². The van der Waals surface area contributed by atoms with E-state index < -0.39 is 5.41 Å². The quantitative estimate of drug-likeness (QED) is 0.838. The predicted molar refractivity (Wildman–Crippen MR) is 77.9 cm³/mol. The number of thiocarbonyl (C=S) groups is 1. The molecule has 3 N–H and O–H groups in total. The van der Waals surface area contributed by atoms with Crippen molar-refractivity contribution >= 4 is 40.4 Å². The van der Waals surface area contributed by atoms with Gasteiger partial charge in [0, 0.05) is 10.7 Å². The Hall–Kier alpha value is -1.13. The van der Waals surface area contributed by atoms with E-state index >= 15 is 0 Å². The minimum atomic E-state index is -0.663. The molecule has 96 valence electrons. The maximum Gasteiger partial charge on any atom is 0.237 e. The lowest BCUT2D eigenvalue weighted by Gasteiger charge is -2.39. The van der Waals surface area contributed by atoms with Gasteiger partial charge < -0.3 is 11.1 Å². The molecular formula is C13H15ClN2OS. The predicted octanol–water partition coefficient (Wildman–Crippen LogP) is 3.04. The molecule has 1 amide bonds. The third kappa shape index (κ3) is 2.10. The highest BCUT2D eigenvalue weighted by molar-refractivity contribution is 7.80. The van der Waals surface area contributed by atoms with Gasteiger partial charge in [-0.2, -0.15) is 0 Å². The molecule has 2 rings (SSSR count). The second-order valence-corrected chi connectivity index (χ2v) is 5.51. The molecule has 1 saturated carbocycles. The molecule has 1 aliphatic rings. The molecule has 0 aliphatic heterocycles. The highest BCUT2D eigenvalue weighted by atomic mass is 35.5. The summed E-state index contributed by atoms with van der Waals surface area (Å²) in [5.41, 5.74) is 6.61. The van der Waals surface area contributed by atoms with Gasteiger partial charge in [0.15, 0.2) is 0 Å². The summed E-state index contributed by atoms with van der Waals surface area (Å²) < 4.78 is 0. The summed E-state index contributed by atoms with van der Waals surface area (Å²) >= 11 is 11.0. The Morgan fingerprint density at radius 3 is 2.67 bits per heavy atom. The standard InChI is InChI=1S/C13H15ClN2OS/c1-8-9(14)4-2-5-10(8)16-12(17)13(11(15)18)6-3-7-13/h2,4-5H,3,6-7H2,1H3,(H2,15,18)(H,16,17). The second kappa shape index (κ2) is 4.86. The molecule has 0 atom stereocenters. The van der Waals surface area contributed by atoms with E-state index in [1.165, 1.54) is 0 Å². The van der Waals surface area contributed by atoms with Crippen LogP contribution in [0.25, 0.3) is 0 Å². The van der Waals surface area contributed by atoms with Crippen LogP contribution in [-0.2, 0) is 4.79 Å². The number of anilines is 1. The van der Waals surface area contributed by atoms with Crippen LogP contribution in [0.5, 0.6) is 0 Å². The molecular weight excluding hydrogens is 268 g/mol. The highest BCUT2D eigenvalue weighted by Crippen LogP contribution is 2.42. The number of hydrogen-bond donors (Lipinski definition) is 2. The van der Waals surface area contributed by atoms with Gasteiger partial charge >= 0.3 is 0 Å². The van der Waals surface area contributed by atoms with Crippen LogP contribution < -0.4 is 11.1 Å². The van der Waals surface area contributed by atoms with E-state index in [4.69, 9.17) is 29.6 Å². The van der Waals surface area contributed by atoms with Crippen molar-refractivity contribution in [2.45, 2.75) is 26.2 Å². The van der Waals surface area contributed by atoms with Crippen molar-refractivity contribution in [3.05, 3.63) is 28.8 Å². The largest absolute Gasteiger partial charge is 0.392 e. The Morgan fingerprint density at radius 1 is 1.50 bits per heavy atom. The highest BCUT2D eigenvalue weighted by Gasteiger charge is 2.47. The van der Waals surface area contributed by atoms with Crippen LogP contribution in [0, 0.1) is 12.3 Å². The molecule has 0 unspecified atom stereocenters. The van der Waals surface area contributed by atoms with E-state index in [1.54, 1.807) is 12.1 Å². The summed E-state index contributed by atoms with van der Waals surface area (Å²) in [7, 11) is 0. The number of amides is 1. The lowest BCUT2D eigenvalue weighted by Crippen LogP contribution is -2.50. The third-order valence-electron chi connectivity index (χ3n) is 3.63. The fourth-order valence-electron chi connectivity index (χ4n) is 2.10. The number of nitrogens with one attached hydrogen (secondary N) is 1. The maximum atomic E-state index is 12.3. The van der Waals surface area contributed by atoms with Gasteiger partial charge in [-0.1, -0.05) is 36.3 Å². The van der Waals surface area contributed by atoms with E-state index in [1.807, 2.05) is 13.0 Å². The van der Waals surface area contributed by atoms with Crippen LogP contribution in [0.4, 0.5) is 5.69 Å². The molecule has 0 bridgehead atoms. The lowest BCUT2D eigenvalue weighted by molar-refractivity contribution is -0.125. The second-order valence-electron chi connectivity index (χ2n) is 4.67. The van der Waals surface area contributed by atoms with Crippen molar-refractivity contribution in [2.24, 2.45) is 11.1 Å². The van der Waals surface area contributed by atoms with Crippen LogP contribution >= 0.6 is 23.8 Å². The average Bonchev–Trinajstić information content (AvgIpc) is 2.22. The van der Waals surface area contributed by atoms with Crippen molar-refractivity contribution < 1.29 is 4.79 Å². The molecule has 0 saturated heterocycles. The zero-order valence-electron chi connectivity index (χ0n) is 10.1. The van der Waals surface area contributed by atoms with Gasteiger partial charge in [-0.15, -0.1) is 0 Å². The summed E-state index contributed by atoms with van der Waals surface area (Å²) in [4.78, 5) is 12.6. The smallest absolute Gasteiger partial charge is 0.237 e. The van der Waals surface area contributed by atoms with E-state index in [0.717, 1.165) is 30.5 Å². The van der Waals surface area contributed by atoms with Crippen LogP contribution in [0.2, 0.25) is 5.02 Å². The molecule has 5 heteroatoms.